The molecule has 0 rings (SSSR count). The van der Waals surface area contributed by atoms with Gasteiger partial charge < -0.3 is 5.11 Å². The van der Waals surface area contributed by atoms with Crippen LogP contribution in [-0.2, 0) is 4.79 Å². The summed E-state index contributed by atoms with van der Waals surface area (Å²) in [7, 11) is 0. The lowest BCUT2D eigenvalue weighted by Crippen LogP contribution is -1.86. The third-order valence-electron chi connectivity index (χ3n) is 4.47. The van der Waals surface area contributed by atoms with Crippen LogP contribution in [0.1, 0.15) is 110 Å². The van der Waals surface area contributed by atoms with Gasteiger partial charge >= 0.3 is 5.97 Å². The van der Waals surface area contributed by atoms with Crippen molar-refractivity contribution in [1.29, 1.82) is 0 Å². The van der Waals surface area contributed by atoms with Crippen molar-refractivity contribution in [3.05, 3.63) is 23.3 Å². The fourth-order valence-electron chi connectivity index (χ4n) is 2.91. The summed E-state index contributed by atoms with van der Waals surface area (Å²) in [5.41, 5.74) is 0. The first kappa shape index (κ1) is 24.2. The van der Waals surface area contributed by atoms with Crippen LogP contribution >= 0.6 is 11.6 Å². The Labute approximate surface area is 160 Å². The van der Waals surface area contributed by atoms with E-state index >= 15 is 0 Å². The van der Waals surface area contributed by atoms with E-state index in [0.29, 0.717) is 0 Å². The molecule has 3 heteroatoms. The summed E-state index contributed by atoms with van der Waals surface area (Å²) in [5.74, 6) is -0.848. The summed E-state index contributed by atoms with van der Waals surface area (Å²) in [6, 6.07) is 0. The molecule has 0 saturated heterocycles. The van der Waals surface area contributed by atoms with Crippen LogP contribution in [0.15, 0.2) is 23.3 Å². The fourth-order valence-corrected chi connectivity index (χ4v) is 3.15. The molecule has 146 valence electrons. The number of aliphatic carboxylic acids is 1. The Morgan fingerprint density at radius 3 is 1.92 bits per heavy atom. The van der Waals surface area contributed by atoms with Crippen LogP contribution in [0.3, 0.4) is 0 Å². The minimum absolute atomic E-state index is 0.848. The van der Waals surface area contributed by atoms with Gasteiger partial charge in [-0.2, -0.15) is 0 Å². The van der Waals surface area contributed by atoms with Crippen molar-refractivity contribution < 1.29 is 9.90 Å². The zero-order chi connectivity index (χ0) is 18.6. The maximum absolute atomic E-state index is 10.3. The van der Waals surface area contributed by atoms with Crippen molar-refractivity contribution >= 4 is 17.6 Å². The van der Waals surface area contributed by atoms with Gasteiger partial charge in [-0.25, -0.2) is 4.79 Å². The molecule has 0 unspecified atom stereocenters. The van der Waals surface area contributed by atoms with Crippen LogP contribution in [0, 0.1) is 0 Å². The Bertz CT molecular complexity index is 361. The van der Waals surface area contributed by atoms with E-state index < -0.39 is 5.97 Å². The van der Waals surface area contributed by atoms with E-state index in [1.807, 2.05) is 0 Å². The first-order chi connectivity index (χ1) is 12.2. The molecule has 0 amide bonds. The minimum Gasteiger partial charge on any atom is -0.478 e. The molecule has 0 aliphatic heterocycles. The van der Waals surface area contributed by atoms with Crippen molar-refractivity contribution in [2.45, 2.75) is 110 Å². The van der Waals surface area contributed by atoms with Gasteiger partial charge in [-0.3, -0.25) is 0 Å². The van der Waals surface area contributed by atoms with Crippen molar-refractivity contribution in [3.63, 3.8) is 0 Å². The average Bonchev–Trinajstić information content (AvgIpc) is 2.58. The van der Waals surface area contributed by atoms with Gasteiger partial charge in [0.25, 0.3) is 0 Å². The summed E-state index contributed by atoms with van der Waals surface area (Å²) in [6.07, 6.45) is 24.9. The van der Waals surface area contributed by atoms with Gasteiger partial charge in [0.15, 0.2) is 0 Å². The van der Waals surface area contributed by atoms with Gasteiger partial charge in [0, 0.05) is 11.1 Å². The molecular weight excluding hydrogens is 332 g/mol. The van der Waals surface area contributed by atoms with E-state index in [9.17, 15) is 4.79 Å². The third-order valence-corrected chi connectivity index (χ3v) is 4.81. The molecule has 0 radical (unpaired) electrons. The largest absolute Gasteiger partial charge is 0.478 e. The lowest BCUT2D eigenvalue weighted by atomic mass is 10.1. The normalized spacial score (nSPS) is 12.2. The molecule has 1 N–H and O–H groups in total. The predicted molar refractivity (Wildman–Crippen MR) is 110 cm³/mol. The zero-order valence-corrected chi connectivity index (χ0v) is 17.0. The second-order valence-electron chi connectivity index (χ2n) is 6.96. The maximum atomic E-state index is 10.3. The highest BCUT2D eigenvalue weighted by Crippen LogP contribution is 2.17. The number of halogens is 1. The quantitative estimate of drug-likeness (QED) is 0.196. The Kier molecular flexibility index (Phi) is 19.0. The number of hydrogen-bond acceptors (Lipinski definition) is 1. The molecule has 0 saturated carbocycles. The number of hydrogen-bond donors (Lipinski definition) is 1. The first-order valence-corrected chi connectivity index (χ1v) is 10.8. The van der Waals surface area contributed by atoms with E-state index in [2.05, 4.69) is 13.0 Å². The Morgan fingerprint density at radius 2 is 1.32 bits per heavy atom. The van der Waals surface area contributed by atoms with Gasteiger partial charge in [-0.1, -0.05) is 94.9 Å². The molecule has 0 aromatic carbocycles. The van der Waals surface area contributed by atoms with Gasteiger partial charge in [-0.05, 0) is 38.5 Å². The summed E-state index contributed by atoms with van der Waals surface area (Å²) in [6.45, 7) is 2.26. The molecule has 0 aliphatic carbocycles. The SMILES string of the molecule is CCCCCCCCC=C(Cl)CCCCCCCCCC=CC(=O)O. The monoisotopic (exact) mass is 370 g/mol. The molecule has 0 heterocycles. The molecule has 0 spiro atoms. The van der Waals surface area contributed by atoms with E-state index in [1.165, 1.54) is 83.1 Å². The molecule has 0 aromatic heterocycles. The van der Waals surface area contributed by atoms with E-state index in [4.69, 9.17) is 16.7 Å². The van der Waals surface area contributed by atoms with Crippen LogP contribution in [0.2, 0.25) is 0 Å². The molecular formula is C22H39ClO2. The Morgan fingerprint density at radius 1 is 0.800 bits per heavy atom. The van der Waals surface area contributed by atoms with Gasteiger partial charge in [0.1, 0.15) is 0 Å². The van der Waals surface area contributed by atoms with Crippen LogP contribution in [0.4, 0.5) is 0 Å². The van der Waals surface area contributed by atoms with Crippen LogP contribution in [0.5, 0.6) is 0 Å². The van der Waals surface area contributed by atoms with E-state index in [0.717, 1.165) is 30.7 Å². The number of carbonyl (C=O) groups is 1. The van der Waals surface area contributed by atoms with Crippen LogP contribution in [0.25, 0.3) is 0 Å². The second-order valence-corrected chi connectivity index (χ2v) is 7.45. The van der Waals surface area contributed by atoms with Gasteiger partial charge in [0.05, 0.1) is 0 Å². The molecule has 0 atom stereocenters. The predicted octanol–water partition coefficient (Wildman–Crippen LogP) is 8.01. The Hall–Kier alpha value is -0.760. The number of rotatable bonds is 18. The topological polar surface area (TPSA) is 37.3 Å². The van der Waals surface area contributed by atoms with E-state index in [1.54, 1.807) is 6.08 Å². The molecule has 2 nitrogen and oxygen atoms in total. The molecule has 0 bridgehead atoms. The first-order valence-electron chi connectivity index (χ1n) is 10.4. The Balaban J connectivity index is 3.29. The van der Waals surface area contributed by atoms with Crippen molar-refractivity contribution in [2.24, 2.45) is 0 Å². The highest BCUT2D eigenvalue weighted by molar-refractivity contribution is 6.29. The molecule has 0 aromatic rings. The number of unbranched alkanes of at least 4 members (excludes halogenated alkanes) is 13. The molecule has 0 aliphatic rings. The number of allylic oxidation sites excluding steroid dienone is 3. The summed E-state index contributed by atoms with van der Waals surface area (Å²) in [5, 5.41) is 9.53. The maximum Gasteiger partial charge on any atom is 0.327 e. The fraction of sp³-hybridized carbons (Fsp3) is 0.773. The minimum atomic E-state index is -0.848. The number of carboxylic acids is 1. The highest BCUT2D eigenvalue weighted by atomic mass is 35.5. The van der Waals surface area contributed by atoms with Crippen molar-refractivity contribution in [3.8, 4) is 0 Å². The van der Waals surface area contributed by atoms with Crippen molar-refractivity contribution in [2.75, 3.05) is 0 Å². The average molecular weight is 371 g/mol. The summed E-state index contributed by atoms with van der Waals surface area (Å²) < 4.78 is 0. The lowest BCUT2D eigenvalue weighted by Gasteiger charge is -2.02. The van der Waals surface area contributed by atoms with Crippen molar-refractivity contribution in [1.82, 2.24) is 0 Å². The van der Waals surface area contributed by atoms with Gasteiger partial charge in [0.2, 0.25) is 0 Å². The van der Waals surface area contributed by atoms with Gasteiger partial charge in [-0.15, -0.1) is 0 Å². The number of carboxylic acid groups (broad SMARTS) is 1. The molecule has 25 heavy (non-hydrogen) atoms. The summed E-state index contributed by atoms with van der Waals surface area (Å²) in [4.78, 5) is 10.3. The lowest BCUT2D eigenvalue weighted by molar-refractivity contribution is -0.131. The smallest absolute Gasteiger partial charge is 0.327 e. The van der Waals surface area contributed by atoms with E-state index in [-0.39, 0.29) is 0 Å². The highest BCUT2D eigenvalue weighted by Gasteiger charge is 1.96. The third kappa shape index (κ3) is 21.2. The molecule has 0 fully saturated rings. The summed E-state index contributed by atoms with van der Waals surface area (Å²) >= 11 is 6.29. The van der Waals surface area contributed by atoms with Crippen LogP contribution in [-0.4, -0.2) is 11.1 Å². The standard InChI is InChI=1S/C22H39ClO2/c1-2-3-4-5-9-12-15-18-21(23)19-16-13-10-7-6-8-11-14-17-20-22(24)25/h17-18,20H,2-16,19H2,1H3,(H,24,25). The zero-order valence-electron chi connectivity index (χ0n) is 16.3. The van der Waals surface area contributed by atoms with Crippen LogP contribution < -0.4 is 0 Å². The second kappa shape index (κ2) is 19.6.